The van der Waals surface area contributed by atoms with Gasteiger partial charge in [-0.2, -0.15) is 4.37 Å². The fourth-order valence-electron chi connectivity index (χ4n) is 4.01. The van der Waals surface area contributed by atoms with E-state index >= 15 is 0 Å². The molecule has 2 amide bonds. The van der Waals surface area contributed by atoms with Gasteiger partial charge in [0, 0.05) is 12.1 Å². The number of phenolic OH excluding ortho intramolecular Hbond substituents is 1. The summed E-state index contributed by atoms with van der Waals surface area (Å²) < 4.78 is 3.96. The van der Waals surface area contributed by atoms with Crippen molar-refractivity contribution in [1.29, 1.82) is 0 Å². The molecule has 4 aromatic rings. The Balaban J connectivity index is 1.79. The number of aryl methyl sites for hydroxylation is 2. The minimum Gasteiger partial charge on any atom is -0.508 e. The van der Waals surface area contributed by atoms with Crippen LogP contribution in [0.15, 0.2) is 78.9 Å². The van der Waals surface area contributed by atoms with E-state index in [1.807, 2.05) is 31.2 Å². The molecule has 0 saturated heterocycles. The summed E-state index contributed by atoms with van der Waals surface area (Å²) in [5, 5.41) is 9.85. The molecule has 0 aliphatic carbocycles. The van der Waals surface area contributed by atoms with Gasteiger partial charge < -0.3 is 16.6 Å². The number of hydrogen-bond acceptors (Lipinski definition) is 7. The summed E-state index contributed by atoms with van der Waals surface area (Å²) in [4.78, 5) is 40.9. The number of amides is 2. The van der Waals surface area contributed by atoms with E-state index in [0.717, 1.165) is 22.7 Å². The fraction of sp³-hybridized carbons (Fsp3) is 0.143. The molecule has 0 radical (unpaired) electrons. The van der Waals surface area contributed by atoms with Crippen molar-refractivity contribution in [1.82, 2.24) is 4.37 Å². The van der Waals surface area contributed by atoms with Gasteiger partial charge in [-0.1, -0.05) is 60.2 Å². The molecular weight excluding hydrogens is 488 g/mol. The smallest absolute Gasteiger partial charge is 0.273 e. The number of ketones is 1. The number of carbonyl (C=O) groups is 3. The van der Waals surface area contributed by atoms with E-state index in [0.29, 0.717) is 17.7 Å². The highest BCUT2D eigenvalue weighted by Crippen LogP contribution is 2.34. The zero-order chi connectivity index (χ0) is 26.5. The number of phenols is 1. The molecule has 9 heteroatoms. The van der Waals surface area contributed by atoms with Crippen LogP contribution in [0.2, 0.25) is 0 Å². The number of benzene rings is 3. The summed E-state index contributed by atoms with van der Waals surface area (Å²) in [7, 11) is 0. The van der Waals surface area contributed by atoms with E-state index in [2.05, 4.69) is 4.37 Å². The second-order valence-electron chi connectivity index (χ2n) is 8.59. The van der Waals surface area contributed by atoms with Crippen molar-refractivity contribution < 1.29 is 19.5 Å². The Morgan fingerprint density at radius 2 is 1.62 bits per heavy atom. The van der Waals surface area contributed by atoms with E-state index in [1.54, 1.807) is 42.5 Å². The monoisotopic (exact) mass is 514 g/mol. The third-order valence-corrected chi connectivity index (χ3v) is 6.81. The number of aromatic hydroxyl groups is 1. The third kappa shape index (κ3) is 5.68. The summed E-state index contributed by atoms with van der Waals surface area (Å²) in [6, 6.07) is 21.8. The number of para-hydroxylation sites is 1. The van der Waals surface area contributed by atoms with Crippen molar-refractivity contribution in [3.05, 3.63) is 106 Å². The lowest BCUT2D eigenvalue weighted by Gasteiger charge is -2.31. The molecule has 5 N–H and O–H groups in total. The SMILES string of the molecule is Cc1ccc(CCC(=O)C(c2ccc(O)cc2)N(C(=O)c2snc(C(N)=O)c2N)c2ccccc2)cc1. The van der Waals surface area contributed by atoms with Crippen LogP contribution in [0.25, 0.3) is 0 Å². The number of aromatic nitrogens is 1. The molecule has 0 aliphatic heterocycles. The first-order valence-corrected chi connectivity index (χ1v) is 12.3. The molecule has 4 rings (SSSR count). The number of nitrogen functional groups attached to an aromatic ring is 1. The summed E-state index contributed by atoms with van der Waals surface area (Å²) in [6.07, 6.45) is 0.648. The van der Waals surface area contributed by atoms with Crippen molar-refractivity contribution in [2.24, 2.45) is 5.73 Å². The number of nitrogens with two attached hydrogens (primary N) is 2. The minimum absolute atomic E-state index is 0.00719. The highest BCUT2D eigenvalue weighted by Gasteiger charge is 2.35. The highest BCUT2D eigenvalue weighted by atomic mass is 32.1. The molecule has 188 valence electrons. The van der Waals surface area contributed by atoms with E-state index in [-0.39, 0.29) is 34.2 Å². The molecule has 1 heterocycles. The first-order chi connectivity index (χ1) is 17.8. The largest absolute Gasteiger partial charge is 0.508 e. The number of nitrogens with zero attached hydrogens (tertiary/aromatic N) is 2. The van der Waals surface area contributed by atoms with Gasteiger partial charge in [-0.25, -0.2) is 0 Å². The van der Waals surface area contributed by atoms with Crippen LogP contribution < -0.4 is 16.4 Å². The molecule has 0 spiro atoms. The number of rotatable bonds is 9. The predicted molar refractivity (Wildman–Crippen MR) is 144 cm³/mol. The Labute approximate surface area is 218 Å². The molecule has 0 aliphatic rings. The average Bonchev–Trinajstić information content (AvgIpc) is 3.29. The van der Waals surface area contributed by atoms with Gasteiger partial charge in [-0.3, -0.25) is 19.3 Å². The van der Waals surface area contributed by atoms with Crippen LogP contribution in [0, 0.1) is 6.92 Å². The van der Waals surface area contributed by atoms with Crippen LogP contribution in [0.4, 0.5) is 11.4 Å². The zero-order valence-electron chi connectivity index (χ0n) is 20.1. The van der Waals surface area contributed by atoms with Gasteiger partial charge in [-0.05, 0) is 60.3 Å². The van der Waals surface area contributed by atoms with E-state index in [1.165, 1.54) is 17.0 Å². The van der Waals surface area contributed by atoms with E-state index in [9.17, 15) is 19.5 Å². The van der Waals surface area contributed by atoms with Gasteiger partial charge in [0.2, 0.25) is 0 Å². The Bertz CT molecular complexity index is 1420. The molecule has 37 heavy (non-hydrogen) atoms. The molecule has 8 nitrogen and oxygen atoms in total. The lowest BCUT2D eigenvalue weighted by atomic mass is 9.95. The molecule has 0 saturated carbocycles. The average molecular weight is 515 g/mol. The molecule has 0 fully saturated rings. The summed E-state index contributed by atoms with van der Waals surface area (Å²) >= 11 is 0.756. The van der Waals surface area contributed by atoms with Crippen molar-refractivity contribution >= 4 is 40.5 Å². The highest BCUT2D eigenvalue weighted by molar-refractivity contribution is 7.09. The van der Waals surface area contributed by atoms with Crippen molar-refractivity contribution in [2.75, 3.05) is 10.6 Å². The van der Waals surface area contributed by atoms with E-state index < -0.39 is 17.9 Å². The number of Topliss-reactive ketones (excluding diaryl/α,β-unsaturated/α-hetero) is 1. The van der Waals surface area contributed by atoms with Crippen LogP contribution in [-0.4, -0.2) is 27.1 Å². The van der Waals surface area contributed by atoms with Crippen LogP contribution in [0.3, 0.4) is 0 Å². The quantitative estimate of drug-likeness (QED) is 0.302. The number of carbonyl (C=O) groups excluding carboxylic acids is 3. The van der Waals surface area contributed by atoms with Gasteiger partial charge in [-0.15, -0.1) is 0 Å². The van der Waals surface area contributed by atoms with Gasteiger partial charge in [0.1, 0.15) is 16.7 Å². The topological polar surface area (TPSA) is 140 Å². The van der Waals surface area contributed by atoms with Gasteiger partial charge >= 0.3 is 0 Å². The maximum Gasteiger partial charge on any atom is 0.273 e. The van der Waals surface area contributed by atoms with Crippen molar-refractivity contribution in [2.45, 2.75) is 25.8 Å². The number of primary amides is 1. The maximum absolute atomic E-state index is 14.0. The van der Waals surface area contributed by atoms with Gasteiger partial charge in [0.15, 0.2) is 11.5 Å². The van der Waals surface area contributed by atoms with Gasteiger partial charge in [0.25, 0.3) is 11.8 Å². The molecular formula is C28H26N4O4S. The minimum atomic E-state index is -1.03. The van der Waals surface area contributed by atoms with Gasteiger partial charge in [0.05, 0.1) is 5.69 Å². The van der Waals surface area contributed by atoms with Crippen LogP contribution in [0.5, 0.6) is 5.75 Å². The summed E-state index contributed by atoms with van der Waals surface area (Å²) in [5.74, 6) is -1.61. The second kappa shape index (κ2) is 11.0. The number of hydrogen-bond donors (Lipinski definition) is 3. The first-order valence-electron chi connectivity index (χ1n) is 11.6. The Morgan fingerprint density at radius 1 is 0.973 bits per heavy atom. The Kier molecular flexibility index (Phi) is 7.64. The summed E-state index contributed by atoms with van der Waals surface area (Å²) in [5.41, 5.74) is 14.2. The Morgan fingerprint density at radius 3 is 2.22 bits per heavy atom. The molecule has 3 aromatic carbocycles. The predicted octanol–water partition coefficient (Wildman–Crippen LogP) is 4.43. The zero-order valence-corrected chi connectivity index (χ0v) is 20.9. The second-order valence-corrected chi connectivity index (χ2v) is 9.37. The third-order valence-electron chi connectivity index (χ3n) is 5.96. The summed E-state index contributed by atoms with van der Waals surface area (Å²) in [6.45, 7) is 1.99. The first kappa shape index (κ1) is 25.6. The maximum atomic E-state index is 14.0. The number of anilines is 2. The van der Waals surface area contributed by atoms with Crippen LogP contribution in [0.1, 0.15) is 49.3 Å². The lowest BCUT2D eigenvalue weighted by Crippen LogP contribution is -2.39. The van der Waals surface area contributed by atoms with E-state index in [4.69, 9.17) is 11.5 Å². The standard InChI is InChI=1S/C28H26N4O4S/c1-17-7-9-18(10-8-17)11-16-22(34)25(19-12-14-21(33)15-13-19)32(20-5-3-2-4-6-20)28(36)26-23(29)24(27(30)35)31-37-26/h2-10,12-15,25,33H,11,16,29H2,1H3,(H2,30,35). The Hall–Kier alpha value is -4.50. The molecule has 1 aromatic heterocycles. The molecule has 0 bridgehead atoms. The van der Waals surface area contributed by atoms with Crippen LogP contribution in [-0.2, 0) is 11.2 Å². The van der Waals surface area contributed by atoms with Crippen molar-refractivity contribution in [3.8, 4) is 5.75 Å². The molecule has 1 atom stereocenters. The van der Waals surface area contributed by atoms with Crippen LogP contribution >= 0.6 is 11.5 Å². The normalized spacial score (nSPS) is 11.6. The van der Waals surface area contributed by atoms with Crippen molar-refractivity contribution in [3.63, 3.8) is 0 Å². The fourth-order valence-corrected chi connectivity index (χ4v) is 4.75. The molecule has 1 unspecified atom stereocenters. The lowest BCUT2D eigenvalue weighted by molar-refractivity contribution is -0.120.